The Morgan fingerprint density at radius 2 is 1.84 bits per heavy atom. The summed E-state index contributed by atoms with van der Waals surface area (Å²) in [4.78, 5) is 14.5. The fourth-order valence-corrected chi connectivity index (χ4v) is 2.19. The van der Waals surface area contributed by atoms with E-state index in [-0.39, 0.29) is 31.9 Å². The van der Waals surface area contributed by atoms with Crippen LogP contribution in [-0.4, -0.2) is 16.1 Å². The van der Waals surface area contributed by atoms with E-state index < -0.39 is 11.8 Å². The highest BCUT2D eigenvalue weighted by Crippen LogP contribution is 2.39. The summed E-state index contributed by atoms with van der Waals surface area (Å²) in [7, 11) is 0. The van der Waals surface area contributed by atoms with Gasteiger partial charge in [-0.3, -0.25) is 4.98 Å². The summed E-state index contributed by atoms with van der Waals surface area (Å²) in [6.07, 6.45) is 1.02. The maximum atomic E-state index is 13.9. The maximum Gasteiger partial charge on any atom is 0.337 e. The van der Waals surface area contributed by atoms with E-state index in [9.17, 15) is 9.18 Å². The van der Waals surface area contributed by atoms with E-state index >= 15 is 0 Å². The molecule has 3 nitrogen and oxygen atoms in total. The van der Waals surface area contributed by atoms with Crippen molar-refractivity contribution in [3.63, 3.8) is 0 Å². The first kappa shape index (κ1) is 14.1. The summed E-state index contributed by atoms with van der Waals surface area (Å²) in [6, 6.07) is 3.77. The van der Waals surface area contributed by atoms with E-state index in [1.807, 2.05) is 0 Å². The summed E-state index contributed by atoms with van der Waals surface area (Å²) in [5.74, 6) is -2.12. The second-order valence-electron chi connectivity index (χ2n) is 3.58. The van der Waals surface area contributed by atoms with Gasteiger partial charge in [0.05, 0.1) is 20.6 Å². The Labute approximate surface area is 122 Å². The molecule has 1 heterocycles. The molecule has 0 unspecified atom stereocenters. The molecule has 1 aromatic carbocycles. The van der Waals surface area contributed by atoms with Crippen molar-refractivity contribution in [3.8, 4) is 11.3 Å². The Morgan fingerprint density at radius 3 is 2.42 bits per heavy atom. The quantitative estimate of drug-likeness (QED) is 0.826. The molecule has 98 valence electrons. The first-order chi connectivity index (χ1) is 8.91. The Bertz CT molecular complexity index is 676. The Kier molecular flexibility index (Phi) is 3.94. The second-order valence-corrected chi connectivity index (χ2v) is 4.77. The lowest BCUT2D eigenvalue weighted by Gasteiger charge is -2.09. The summed E-state index contributed by atoms with van der Waals surface area (Å²) < 4.78 is 13.9. The van der Waals surface area contributed by atoms with Crippen LogP contribution in [0.3, 0.4) is 0 Å². The zero-order valence-corrected chi connectivity index (χ0v) is 11.4. The van der Waals surface area contributed by atoms with E-state index in [1.165, 1.54) is 12.1 Å². The number of pyridine rings is 1. The molecular formula is C12H5Cl3FNO2. The molecule has 1 aromatic heterocycles. The molecule has 0 spiro atoms. The molecule has 0 saturated carbocycles. The van der Waals surface area contributed by atoms with Crippen LogP contribution in [-0.2, 0) is 0 Å². The van der Waals surface area contributed by atoms with Crippen molar-refractivity contribution in [2.45, 2.75) is 0 Å². The molecule has 0 fully saturated rings. The normalized spacial score (nSPS) is 10.5. The average molecular weight is 321 g/mol. The number of carbonyl (C=O) groups is 1. The van der Waals surface area contributed by atoms with Crippen LogP contribution in [0.5, 0.6) is 0 Å². The molecule has 1 N–H and O–H groups in total. The van der Waals surface area contributed by atoms with Crippen LogP contribution in [0.1, 0.15) is 10.4 Å². The third-order valence-electron chi connectivity index (χ3n) is 2.37. The minimum Gasteiger partial charge on any atom is -0.478 e. The molecule has 0 atom stereocenters. The third kappa shape index (κ3) is 2.66. The van der Waals surface area contributed by atoms with Crippen LogP contribution in [0, 0.1) is 5.82 Å². The summed E-state index contributed by atoms with van der Waals surface area (Å²) in [5, 5.41) is 9.17. The molecular weight excluding hydrogens is 315 g/mol. The minimum atomic E-state index is -1.28. The van der Waals surface area contributed by atoms with Crippen molar-refractivity contribution in [1.29, 1.82) is 0 Å². The lowest BCUT2D eigenvalue weighted by Crippen LogP contribution is -2.00. The molecule has 0 saturated heterocycles. The van der Waals surface area contributed by atoms with Gasteiger partial charge in [0.15, 0.2) is 0 Å². The van der Waals surface area contributed by atoms with Gasteiger partial charge in [-0.2, -0.15) is 0 Å². The number of hydrogen-bond acceptors (Lipinski definition) is 2. The third-order valence-corrected chi connectivity index (χ3v) is 3.49. The molecule has 0 aliphatic carbocycles. The van der Waals surface area contributed by atoms with Crippen molar-refractivity contribution >= 4 is 40.8 Å². The van der Waals surface area contributed by atoms with Gasteiger partial charge in [0, 0.05) is 11.8 Å². The van der Waals surface area contributed by atoms with Gasteiger partial charge in [-0.1, -0.05) is 34.8 Å². The fraction of sp³-hybridized carbons (Fsp3) is 0. The van der Waals surface area contributed by atoms with Gasteiger partial charge in [0.25, 0.3) is 0 Å². The van der Waals surface area contributed by atoms with E-state index in [0.717, 1.165) is 12.3 Å². The maximum absolute atomic E-state index is 13.9. The van der Waals surface area contributed by atoms with Gasteiger partial charge >= 0.3 is 5.97 Å². The fourth-order valence-electron chi connectivity index (χ4n) is 1.48. The smallest absolute Gasteiger partial charge is 0.337 e. The zero-order chi connectivity index (χ0) is 14.2. The number of hydrogen-bond donors (Lipinski definition) is 1. The highest BCUT2D eigenvalue weighted by molar-refractivity contribution is 6.46. The second kappa shape index (κ2) is 5.33. The molecule has 19 heavy (non-hydrogen) atoms. The molecule has 0 radical (unpaired) electrons. The number of carboxylic acids is 1. The van der Waals surface area contributed by atoms with Gasteiger partial charge < -0.3 is 5.11 Å². The van der Waals surface area contributed by atoms with Crippen LogP contribution >= 0.6 is 34.8 Å². The van der Waals surface area contributed by atoms with Gasteiger partial charge in [-0.15, -0.1) is 0 Å². The van der Waals surface area contributed by atoms with E-state index in [2.05, 4.69) is 4.98 Å². The van der Waals surface area contributed by atoms with Crippen molar-refractivity contribution in [3.05, 3.63) is 50.8 Å². The number of benzene rings is 1. The van der Waals surface area contributed by atoms with Crippen molar-refractivity contribution < 1.29 is 14.3 Å². The monoisotopic (exact) mass is 319 g/mol. The highest BCUT2D eigenvalue weighted by Gasteiger charge is 2.18. The van der Waals surface area contributed by atoms with E-state index in [4.69, 9.17) is 39.9 Å². The number of carboxylic acid groups (broad SMARTS) is 1. The minimum absolute atomic E-state index is 0.0589. The largest absolute Gasteiger partial charge is 0.478 e. The molecule has 0 bridgehead atoms. The first-order valence-electron chi connectivity index (χ1n) is 4.94. The van der Waals surface area contributed by atoms with Crippen LogP contribution in [0.15, 0.2) is 24.4 Å². The Hall–Kier alpha value is -1.36. The van der Waals surface area contributed by atoms with Crippen molar-refractivity contribution in [1.82, 2.24) is 4.98 Å². The van der Waals surface area contributed by atoms with Gasteiger partial charge in [-0.05, 0) is 18.2 Å². The number of halogens is 4. The van der Waals surface area contributed by atoms with Crippen molar-refractivity contribution in [2.24, 2.45) is 0 Å². The van der Waals surface area contributed by atoms with Crippen molar-refractivity contribution in [2.75, 3.05) is 0 Å². The number of nitrogens with zero attached hydrogens (tertiary/aromatic N) is 1. The summed E-state index contributed by atoms with van der Waals surface area (Å²) in [6.45, 7) is 0. The molecule has 7 heteroatoms. The van der Waals surface area contributed by atoms with Crippen LogP contribution < -0.4 is 0 Å². The number of aromatic carboxylic acids is 1. The zero-order valence-electron chi connectivity index (χ0n) is 9.12. The lowest BCUT2D eigenvalue weighted by molar-refractivity contribution is 0.0696. The Morgan fingerprint density at radius 1 is 1.21 bits per heavy atom. The van der Waals surface area contributed by atoms with Gasteiger partial charge in [-0.25, -0.2) is 9.18 Å². The van der Waals surface area contributed by atoms with Crippen LogP contribution in [0.2, 0.25) is 15.1 Å². The molecule has 0 amide bonds. The highest BCUT2D eigenvalue weighted by atomic mass is 35.5. The molecule has 0 aliphatic heterocycles. The standard InChI is InChI=1S/C12H5Cl3FNO2/c13-6-1-2-7(14)10(15)9(6)11-8(16)3-5(4-17-11)12(18)19/h1-4H,(H,18,19). The topological polar surface area (TPSA) is 50.2 Å². The summed E-state index contributed by atoms with van der Waals surface area (Å²) in [5.41, 5.74) is -0.289. The number of rotatable bonds is 2. The predicted octanol–water partition coefficient (Wildman–Crippen LogP) is 4.55. The predicted molar refractivity (Wildman–Crippen MR) is 71.6 cm³/mol. The van der Waals surface area contributed by atoms with E-state index in [0.29, 0.717) is 0 Å². The summed E-state index contributed by atoms with van der Waals surface area (Å²) >= 11 is 17.7. The van der Waals surface area contributed by atoms with E-state index in [1.54, 1.807) is 0 Å². The first-order valence-corrected chi connectivity index (χ1v) is 6.08. The average Bonchev–Trinajstić information content (AvgIpc) is 2.36. The van der Waals surface area contributed by atoms with Gasteiger partial charge in [0.2, 0.25) is 0 Å². The number of aromatic nitrogens is 1. The molecule has 2 aromatic rings. The molecule has 0 aliphatic rings. The lowest BCUT2D eigenvalue weighted by atomic mass is 10.1. The van der Waals surface area contributed by atoms with Crippen LogP contribution in [0.4, 0.5) is 4.39 Å². The SMILES string of the molecule is O=C(O)c1cnc(-c2c(Cl)ccc(Cl)c2Cl)c(F)c1. The van der Waals surface area contributed by atoms with Gasteiger partial charge in [0.1, 0.15) is 11.5 Å². The van der Waals surface area contributed by atoms with Crippen LogP contribution in [0.25, 0.3) is 11.3 Å². The molecule has 2 rings (SSSR count). The Balaban J connectivity index is 2.66.